The Morgan fingerprint density at radius 3 is 1.85 bits per heavy atom. The van der Waals surface area contributed by atoms with Crippen LogP contribution in [0.2, 0.25) is 0 Å². The fourth-order valence-electron chi connectivity index (χ4n) is 2.94. The van der Waals surface area contributed by atoms with Crippen molar-refractivity contribution in [2.24, 2.45) is 0 Å². The molecule has 0 aromatic heterocycles. The van der Waals surface area contributed by atoms with E-state index in [0.717, 1.165) is 32.1 Å². The normalized spacial score (nSPS) is 10.8. The van der Waals surface area contributed by atoms with E-state index in [2.05, 4.69) is 6.92 Å². The second kappa shape index (κ2) is 9.38. The van der Waals surface area contributed by atoms with Gasteiger partial charge in [0.05, 0.1) is 17.2 Å². The number of unbranched alkanes of at least 4 members (excludes halogenated alkanes) is 5. The van der Waals surface area contributed by atoms with Crippen molar-refractivity contribution in [3.63, 3.8) is 0 Å². The van der Waals surface area contributed by atoms with Gasteiger partial charge in [-0.05, 0) is 30.5 Å². The van der Waals surface area contributed by atoms with Gasteiger partial charge in [0.15, 0.2) is 23.3 Å². The molecule has 5 heteroatoms. The molecule has 2 rings (SSSR count). The van der Waals surface area contributed by atoms with Gasteiger partial charge >= 0.3 is 0 Å². The summed E-state index contributed by atoms with van der Waals surface area (Å²) in [7, 11) is 0. The van der Waals surface area contributed by atoms with Crippen molar-refractivity contribution in [1.29, 1.82) is 5.26 Å². The summed E-state index contributed by atoms with van der Waals surface area (Å²) < 4.78 is 57.5. The summed E-state index contributed by atoms with van der Waals surface area (Å²) in [6.45, 7) is 2.09. The molecule has 0 saturated carbocycles. The lowest BCUT2D eigenvalue weighted by Gasteiger charge is -2.12. The molecule has 0 aliphatic heterocycles. The Labute approximate surface area is 151 Å². The molecule has 2 aromatic carbocycles. The van der Waals surface area contributed by atoms with Gasteiger partial charge in [-0.15, -0.1) is 0 Å². The second-order valence-electron chi connectivity index (χ2n) is 6.32. The highest BCUT2D eigenvalue weighted by molar-refractivity contribution is 5.66. The Morgan fingerprint density at radius 1 is 0.769 bits per heavy atom. The van der Waals surface area contributed by atoms with E-state index in [1.54, 1.807) is 0 Å². The molecule has 0 atom stereocenters. The molecule has 0 heterocycles. The fraction of sp³-hybridized carbons (Fsp3) is 0.381. The number of hydrogen-bond donors (Lipinski definition) is 0. The zero-order chi connectivity index (χ0) is 19.1. The van der Waals surface area contributed by atoms with E-state index < -0.39 is 34.4 Å². The van der Waals surface area contributed by atoms with Gasteiger partial charge in [-0.1, -0.05) is 51.2 Å². The Morgan fingerprint density at radius 2 is 1.31 bits per heavy atom. The van der Waals surface area contributed by atoms with Gasteiger partial charge in [0.1, 0.15) is 0 Å². The molecule has 0 aliphatic rings. The van der Waals surface area contributed by atoms with Gasteiger partial charge in [0.25, 0.3) is 0 Å². The average molecular weight is 363 g/mol. The Hall–Kier alpha value is -2.35. The monoisotopic (exact) mass is 363 g/mol. The van der Waals surface area contributed by atoms with Crippen LogP contribution in [0.5, 0.6) is 0 Å². The average Bonchev–Trinajstić information content (AvgIpc) is 2.66. The lowest BCUT2D eigenvalue weighted by molar-refractivity contribution is 0.439. The minimum atomic E-state index is -1.39. The molecule has 0 spiro atoms. The number of nitriles is 1. The molecule has 0 N–H and O–H groups in total. The van der Waals surface area contributed by atoms with Gasteiger partial charge in [-0.2, -0.15) is 5.26 Å². The highest BCUT2D eigenvalue weighted by atomic mass is 19.2. The van der Waals surface area contributed by atoms with Crippen LogP contribution in [0, 0.1) is 34.6 Å². The van der Waals surface area contributed by atoms with Gasteiger partial charge in [0, 0.05) is 5.56 Å². The smallest absolute Gasteiger partial charge is 0.170 e. The van der Waals surface area contributed by atoms with Gasteiger partial charge in [-0.25, -0.2) is 17.6 Å². The van der Waals surface area contributed by atoms with E-state index in [1.807, 2.05) is 6.07 Å². The van der Waals surface area contributed by atoms with Crippen LogP contribution < -0.4 is 0 Å². The van der Waals surface area contributed by atoms with Crippen LogP contribution in [0.1, 0.15) is 56.6 Å². The largest absolute Gasteiger partial charge is 0.203 e. The molecule has 138 valence electrons. The zero-order valence-corrected chi connectivity index (χ0v) is 14.7. The zero-order valence-electron chi connectivity index (χ0n) is 14.7. The van der Waals surface area contributed by atoms with Crippen LogP contribution in [0.15, 0.2) is 24.3 Å². The third-order valence-electron chi connectivity index (χ3n) is 4.44. The molecule has 0 amide bonds. The van der Waals surface area contributed by atoms with Crippen LogP contribution in [-0.2, 0) is 6.42 Å². The van der Waals surface area contributed by atoms with Gasteiger partial charge < -0.3 is 0 Å². The quantitative estimate of drug-likeness (QED) is 0.291. The van der Waals surface area contributed by atoms with Crippen molar-refractivity contribution < 1.29 is 17.6 Å². The summed E-state index contributed by atoms with van der Waals surface area (Å²) in [4.78, 5) is 0. The Balaban J connectivity index is 2.24. The van der Waals surface area contributed by atoms with Crippen LogP contribution >= 0.6 is 0 Å². The first-order chi connectivity index (χ1) is 12.5. The maximum Gasteiger partial charge on any atom is 0.170 e. The predicted molar refractivity (Wildman–Crippen MR) is 93.5 cm³/mol. The topological polar surface area (TPSA) is 23.8 Å². The van der Waals surface area contributed by atoms with Crippen LogP contribution in [-0.4, -0.2) is 0 Å². The molecule has 0 radical (unpaired) electrons. The first kappa shape index (κ1) is 20.0. The van der Waals surface area contributed by atoms with Crippen molar-refractivity contribution in [3.8, 4) is 17.2 Å². The molecular weight excluding hydrogens is 342 g/mol. The van der Waals surface area contributed by atoms with Crippen LogP contribution in [0.3, 0.4) is 0 Å². The third kappa shape index (κ3) is 4.43. The van der Waals surface area contributed by atoms with E-state index >= 15 is 0 Å². The lowest BCUT2D eigenvalue weighted by atomic mass is 9.97. The summed E-state index contributed by atoms with van der Waals surface area (Å²) in [5, 5.41) is 8.77. The molecule has 0 saturated heterocycles. The molecule has 0 bridgehead atoms. The minimum absolute atomic E-state index is 0.0112. The predicted octanol–water partition coefficient (Wildman–Crippen LogP) is 6.68. The van der Waals surface area contributed by atoms with E-state index in [0.29, 0.717) is 6.42 Å². The van der Waals surface area contributed by atoms with Crippen LogP contribution in [0.25, 0.3) is 11.1 Å². The molecule has 1 nitrogen and oxygen atoms in total. The Bertz CT molecular complexity index is 762. The molecule has 0 unspecified atom stereocenters. The highest BCUT2D eigenvalue weighted by Crippen LogP contribution is 2.33. The number of benzene rings is 2. The summed E-state index contributed by atoms with van der Waals surface area (Å²) in [5.41, 5.74) is -0.998. The molecule has 2 aromatic rings. The van der Waals surface area contributed by atoms with Gasteiger partial charge in [-0.3, -0.25) is 0 Å². The lowest BCUT2D eigenvalue weighted by Crippen LogP contribution is -2.06. The SMILES string of the molecule is CCCCCCCCc1c(F)c(F)c(-c2ccc(C#N)cc2)c(F)c1F. The summed E-state index contributed by atoms with van der Waals surface area (Å²) in [6.07, 6.45) is 5.38. The van der Waals surface area contributed by atoms with Crippen molar-refractivity contribution >= 4 is 0 Å². The van der Waals surface area contributed by atoms with Gasteiger partial charge in [0.2, 0.25) is 0 Å². The third-order valence-corrected chi connectivity index (χ3v) is 4.44. The molecule has 26 heavy (non-hydrogen) atoms. The highest BCUT2D eigenvalue weighted by Gasteiger charge is 2.25. The minimum Gasteiger partial charge on any atom is -0.203 e. The van der Waals surface area contributed by atoms with Crippen molar-refractivity contribution in [3.05, 3.63) is 58.7 Å². The first-order valence-electron chi connectivity index (χ1n) is 8.86. The molecule has 0 fully saturated rings. The number of rotatable bonds is 8. The van der Waals surface area contributed by atoms with E-state index in [4.69, 9.17) is 5.26 Å². The van der Waals surface area contributed by atoms with E-state index in [-0.39, 0.29) is 17.5 Å². The van der Waals surface area contributed by atoms with Crippen molar-refractivity contribution in [1.82, 2.24) is 0 Å². The summed E-state index contributed by atoms with van der Waals surface area (Å²) in [5.74, 6) is -5.46. The van der Waals surface area contributed by atoms with Crippen molar-refractivity contribution in [2.45, 2.75) is 51.9 Å². The first-order valence-corrected chi connectivity index (χ1v) is 8.86. The summed E-state index contributed by atoms with van der Waals surface area (Å²) in [6, 6.07) is 7.10. The number of hydrogen-bond acceptors (Lipinski definition) is 1. The maximum atomic E-state index is 14.4. The van der Waals surface area contributed by atoms with Crippen LogP contribution in [0.4, 0.5) is 17.6 Å². The van der Waals surface area contributed by atoms with E-state index in [1.165, 1.54) is 24.3 Å². The maximum absolute atomic E-state index is 14.4. The fourth-order valence-corrected chi connectivity index (χ4v) is 2.94. The molecular formula is C21H21F4N. The second-order valence-corrected chi connectivity index (χ2v) is 6.32. The number of halogens is 4. The molecule has 0 aliphatic carbocycles. The summed E-state index contributed by atoms with van der Waals surface area (Å²) >= 11 is 0. The Kier molecular flexibility index (Phi) is 7.20. The standard InChI is InChI=1S/C21H21F4N/c1-2-3-4-5-6-7-8-16-18(22)20(24)17(21(25)19(16)23)15-11-9-14(13-26)10-12-15/h9-12H,2-8H2,1H3. The van der Waals surface area contributed by atoms with Crippen molar-refractivity contribution in [2.75, 3.05) is 0 Å². The van der Waals surface area contributed by atoms with E-state index in [9.17, 15) is 17.6 Å². The number of nitrogens with zero attached hydrogens (tertiary/aromatic N) is 1.